The second kappa shape index (κ2) is 6.15. The van der Waals surface area contributed by atoms with E-state index in [1.165, 1.54) is 0 Å². The van der Waals surface area contributed by atoms with Gasteiger partial charge in [-0.15, -0.1) is 11.8 Å². The first-order chi connectivity index (χ1) is 9.38. The third kappa shape index (κ3) is 3.74. The number of para-hydroxylation sites is 1. The number of sulfone groups is 1. The lowest BCUT2D eigenvalue weighted by Gasteiger charge is -2.30. The molecule has 1 aromatic rings. The van der Waals surface area contributed by atoms with Crippen LogP contribution in [0.5, 0.6) is 0 Å². The number of nitrogens with zero attached hydrogens (tertiary/aromatic N) is 1. The Morgan fingerprint density at radius 1 is 1.45 bits per heavy atom. The lowest BCUT2D eigenvalue weighted by Crippen LogP contribution is -2.46. The summed E-state index contributed by atoms with van der Waals surface area (Å²) in [6.45, 7) is 0.604. The fourth-order valence-corrected chi connectivity index (χ4v) is 3.74. The van der Waals surface area contributed by atoms with E-state index in [4.69, 9.17) is 5.73 Å². The molecule has 1 aliphatic heterocycles. The van der Waals surface area contributed by atoms with Gasteiger partial charge in [0.15, 0.2) is 0 Å². The van der Waals surface area contributed by atoms with E-state index in [1.807, 2.05) is 24.3 Å². The number of hydrogen-bond donors (Lipinski definition) is 1. The summed E-state index contributed by atoms with van der Waals surface area (Å²) in [5, 5.41) is 0. The topological polar surface area (TPSA) is 80.5 Å². The quantitative estimate of drug-likeness (QED) is 0.892. The Bertz CT molecular complexity index is 601. The van der Waals surface area contributed by atoms with Gasteiger partial charge in [0.05, 0.1) is 17.5 Å². The molecule has 0 radical (unpaired) electrons. The van der Waals surface area contributed by atoms with E-state index >= 15 is 0 Å². The zero-order valence-electron chi connectivity index (χ0n) is 11.3. The highest BCUT2D eigenvalue weighted by Crippen LogP contribution is 2.34. The van der Waals surface area contributed by atoms with Crippen LogP contribution >= 0.6 is 11.8 Å². The molecule has 1 atom stereocenters. The first-order valence-corrected chi connectivity index (χ1v) is 9.39. The van der Waals surface area contributed by atoms with E-state index in [2.05, 4.69) is 0 Å². The van der Waals surface area contributed by atoms with Gasteiger partial charge in [-0.1, -0.05) is 12.1 Å². The number of anilines is 1. The van der Waals surface area contributed by atoms with Crippen molar-refractivity contribution in [2.24, 2.45) is 5.73 Å². The van der Waals surface area contributed by atoms with Gasteiger partial charge in [0.25, 0.3) is 0 Å². The second-order valence-corrected chi connectivity index (χ2v) is 8.23. The molecule has 0 bridgehead atoms. The molecule has 110 valence electrons. The molecule has 1 heterocycles. The van der Waals surface area contributed by atoms with Crippen LogP contribution in [0.15, 0.2) is 29.2 Å². The lowest BCUT2D eigenvalue weighted by atomic mass is 10.2. The van der Waals surface area contributed by atoms with E-state index in [0.717, 1.165) is 22.6 Å². The number of thioether (sulfide) groups is 1. The number of benzene rings is 1. The highest BCUT2D eigenvalue weighted by atomic mass is 32.2. The molecule has 0 spiro atoms. The monoisotopic (exact) mass is 314 g/mol. The summed E-state index contributed by atoms with van der Waals surface area (Å²) in [5.41, 5.74) is 6.71. The van der Waals surface area contributed by atoms with Crippen molar-refractivity contribution in [3.05, 3.63) is 24.3 Å². The van der Waals surface area contributed by atoms with E-state index in [1.54, 1.807) is 16.7 Å². The zero-order chi connectivity index (χ0) is 14.8. The van der Waals surface area contributed by atoms with Crippen LogP contribution in [0.4, 0.5) is 5.69 Å². The largest absolute Gasteiger partial charge is 0.320 e. The Morgan fingerprint density at radius 2 is 2.15 bits per heavy atom. The van der Waals surface area contributed by atoms with Gasteiger partial charge in [-0.05, 0) is 18.6 Å². The number of fused-ring (bicyclic) bond motifs is 1. The smallest absolute Gasteiger partial charge is 0.243 e. The molecule has 0 saturated carbocycles. The number of hydrogen-bond acceptors (Lipinski definition) is 5. The molecular weight excluding hydrogens is 296 g/mol. The summed E-state index contributed by atoms with van der Waals surface area (Å²) >= 11 is 1.71. The van der Waals surface area contributed by atoms with Crippen LogP contribution < -0.4 is 10.6 Å². The molecule has 1 aliphatic rings. The molecular formula is C13H18N2O3S2. The van der Waals surface area contributed by atoms with Crippen LogP contribution in [0.25, 0.3) is 0 Å². The predicted molar refractivity (Wildman–Crippen MR) is 81.8 cm³/mol. The second-order valence-electron chi connectivity index (χ2n) is 4.83. The molecule has 1 amide bonds. The zero-order valence-corrected chi connectivity index (χ0v) is 12.9. The molecule has 0 fully saturated rings. The Labute approximate surface area is 123 Å². The molecule has 2 rings (SSSR count). The average molecular weight is 314 g/mol. The summed E-state index contributed by atoms with van der Waals surface area (Å²) in [7, 11) is -3.10. The maximum absolute atomic E-state index is 12.4. The van der Waals surface area contributed by atoms with Crippen molar-refractivity contribution in [3.63, 3.8) is 0 Å². The first kappa shape index (κ1) is 15.3. The summed E-state index contributed by atoms with van der Waals surface area (Å²) in [5.74, 6) is 0.549. The van der Waals surface area contributed by atoms with Crippen LogP contribution in [0.2, 0.25) is 0 Å². The van der Waals surface area contributed by atoms with Crippen LogP contribution in [0, 0.1) is 0 Å². The molecule has 7 heteroatoms. The Balaban J connectivity index is 2.10. The fraction of sp³-hybridized carbons (Fsp3) is 0.462. The molecule has 1 aromatic carbocycles. The Kier molecular flexibility index (Phi) is 4.72. The van der Waals surface area contributed by atoms with Crippen LogP contribution in [-0.2, 0) is 14.6 Å². The van der Waals surface area contributed by atoms with Crippen LogP contribution in [-0.4, -0.2) is 44.7 Å². The minimum absolute atomic E-state index is 0.0653. The minimum Gasteiger partial charge on any atom is -0.320 e. The standard InChI is InChI=1S/C13H18N2O3S2/c1-20(17,18)9-6-10(14)13(16)15-7-8-19-12-5-3-2-4-11(12)15/h2-5,10H,6-9,14H2,1H3. The SMILES string of the molecule is CS(=O)(=O)CCC(N)C(=O)N1CCSc2ccccc21. The van der Waals surface area contributed by atoms with Crippen molar-refractivity contribution in [2.75, 3.05) is 29.2 Å². The molecule has 5 nitrogen and oxygen atoms in total. The van der Waals surface area contributed by atoms with Crippen LogP contribution in [0.3, 0.4) is 0 Å². The van der Waals surface area contributed by atoms with E-state index < -0.39 is 15.9 Å². The minimum atomic E-state index is -3.10. The van der Waals surface area contributed by atoms with Gasteiger partial charge in [0.2, 0.25) is 5.91 Å². The van der Waals surface area contributed by atoms with Crippen molar-refractivity contribution in [2.45, 2.75) is 17.4 Å². The third-order valence-corrected chi connectivity index (χ3v) is 5.13. The van der Waals surface area contributed by atoms with E-state index in [9.17, 15) is 13.2 Å². The van der Waals surface area contributed by atoms with E-state index in [-0.39, 0.29) is 18.1 Å². The maximum atomic E-state index is 12.4. The predicted octanol–water partition coefficient (Wildman–Crippen LogP) is 0.887. The number of amides is 1. The highest BCUT2D eigenvalue weighted by molar-refractivity contribution is 7.99. The summed E-state index contributed by atoms with van der Waals surface area (Å²) < 4.78 is 22.3. The van der Waals surface area contributed by atoms with Gasteiger partial charge >= 0.3 is 0 Å². The van der Waals surface area contributed by atoms with Gasteiger partial charge in [-0.25, -0.2) is 8.42 Å². The lowest BCUT2D eigenvalue weighted by molar-refractivity contribution is -0.119. The number of carbonyl (C=O) groups is 1. The Morgan fingerprint density at radius 3 is 2.85 bits per heavy atom. The van der Waals surface area contributed by atoms with Gasteiger partial charge in [-0.3, -0.25) is 4.79 Å². The van der Waals surface area contributed by atoms with Crippen molar-refractivity contribution in [1.29, 1.82) is 0 Å². The normalized spacial score (nSPS) is 16.6. The average Bonchev–Trinajstić information content (AvgIpc) is 2.42. The summed E-state index contributed by atoms with van der Waals surface area (Å²) in [6, 6.07) is 6.90. The molecule has 2 N–H and O–H groups in total. The molecule has 0 aromatic heterocycles. The first-order valence-electron chi connectivity index (χ1n) is 6.35. The van der Waals surface area contributed by atoms with E-state index in [0.29, 0.717) is 6.54 Å². The number of rotatable bonds is 4. The molecule has 1 unspecified atom stereocenters. The maximum Gasteiger partial charge on any atom is 0.243 e. The Hall–Kier alpha value is -1.05. The van der Waals surface area contributed by atoms with Crippen molar-refractivity contribution >= 4 is 33.2 Å². The summed E-state index contributed by atoms with van der Waals surface area (Å²) in [4.78, 5) is 15.1. The molecule has 20 heavy (non-hydrogen) atoms. The van der Waals surface area contributed by atoms with Gasteiger partial charge in [-0.2, -0.15) is 0 Å². The van der Waals surface area contributed by atoms with Crippen molar-refractivity contribution in [1.82, 2.24) is 0 Å². The van der Waals surface area contributed by atoms with Crippen molar-refractivity contribution < 1.29 is 13.2 Å². The van der Waals surface area contributed by atoms with Crippen LogP contribution in [0.1, 0.15) is 6.42 Å². The number of nitrogens with two attached hydrogens (primary N) is 1. The molecule has 0 aliphatic carbocycles. The molecule has 0 saturated heterocycles. The van der Waals surface area contributed by atoms with Gasteiger partial charge < -0.3 is 10.6 Å². The van der Waals surface area contributed by atoms with Gasteiger partial charge in [0, 0.05) is 23.4 Å². The third-order valence-electron chi connectivity index (χ3n) is 3.11. The highest BCUT2D eigenvalue weighted by Gasteiger charge is 2.27. The fourth-order valence-electron chi connectivity index (χ4n) is 2.06. The number of carbonyl (C=O) groups excluding carboxylic acids is 1. The summed E-state index contributed by atoms with van der Waals surface area (Å²) in [6.07, 6.45) is 1.31. The van der Waals surface area contributed by atoms with Crippen molar-refractivity contribution in [3.8, 4) is 0 Å². The van der Waals surface area contributed by atoms with Gasteiger partial charge in [0.1, 0.15) is 9.84 Å².